The average molecular weight is 357 g/mol. The van der Waals surface area contributed by atoms with E-state index in [9.17, 15) is 14.4 Å². The number of ether oxygens (including phenoxy) is 3. The molecule has 0 spiro atoms. The molecule has 0 aliphatic rings. The van der Waals surface area contributed by atoms with Crippen molar-refractivity contribution in [2.24, 2.45) is 0 Å². The van der Waals surface area contributed by atoms with Crippen LogP contribution in [0.25, 0.3) is 0 Å². The zero-order valence-corrected chi connectivity index (χ0v) is 14.5. The maximum Gasteiger partial charge on any atom is 0.339 e. The van der Waals surface area contributed by atoms with E-state index < -0.39 is 11.9 Å². The fourth-order valence-corrected chi connectivity index (χ4v) is 2.17. The fourth-order valence-electron chi connectivity index (χ4n) is 2.17. The van der Waals surface area contributed by atoms with Crippen LogP contribution in [0.5, 0.6) is 5.75 Å². The first-order valence-corrected chi connectivity index (χ1v) is 7.83. The first-order valence-electron chi connectivity index (χ1n) is 7.83. The van der Waals surface area contributed by atoms with Crippen molar-refractivity contribution in [3.8, 4) is 5.75 Å². The van der Waals surface area contributed by atoms with Crippen LogP contribution in [0.3, 0.4) is 0 Å². The van der Waals surface area contributed by atoms with E-state index >= 15 is 0 Å². The topological polar surface area (TPSA) is 90.9 Å². The molecule has 0 aromatic heterocycles. The van der Waals surface area contributed by atoms with Crippen molar-refractivity contribution < 1.29 is 28.6 Å². The summed E-state index contributed by atoms with van der Waals surface area (Å²) in [4.78, 5) is 35.7. The van der Waals surface area contributed by atoms with Gasteiger partial charge in [0.05, 0.1) is 44.1 Å². The standard InChI is InChI=1S/C19H19NO6/c1-24-18(22)13-8-9-15(19(23)25-2)16(12-13)20-17(21)10-11-26-14-6-4-3-5-7-14/h3-9,12H,10-11H2,1-2H3,(H,20,21). The average Bonchev–Trinajstić information content (AvgIpc) is 2.67. The first-order chi connectivity index (χ1) is 12.5. The molecule has 0 unspecified atom stereocenters. The molecule has 1 amide bonds. The van der Waals surface area contributed by atoms with Gasteiger partial charge in [0, 0.05) is 0 Å². The van der Waals surface area contributed by atoms with Crippen LogP contribution in [0, 0.1) is 0 Å². The van der Waals surface area contributed by atoms with Crippen LogP contribution in [0.15, 0.2) is 48.5 Å². The molecule has 0 aliphatic heterocycles. The normalized spacial score (nSPS) is 9.92. The third kappa shape index (κ3) is 5.07. The Balaban J connectivity index is 2.06. The predicted molar refractivity (Wildman–Crippen MR) is 94.3 cm³/mol. The summed E-state index contributed by atoms with van der Waals surface area (Å²) >= 11 is 0. The second kappa shape index (κ2) is 9.22. The van der Waals surface area contributed by atoms with Crippen LogP contribution in [0.1, 0.15) is 27.1 Å². The van der Waals surface area contributed by atoms with Crippen molar-refractivity contribution in [2.45, 2.75) is 6.42 Å². The Morgan fingerprint density at radius 1 is 0.923 bits per heavy atom. The Bertz CT molecular complexity index is 788. The summed E-state index contributed by atoms with van der Waals surface area (Å²) in [7, 11) is 2.48. The van der Waals surface area contributed by atoms with Gasteiger partial charge >= 0.3 is 11.9 Å². The van der Waals surface area contributed by atoms with E-state index in [4.69, 9.17) is 9.47 Å². The van der Waals surface area contributed by atoms with Crippen LogP contribution in [0.4, 0.5) is 5.69 Å². The van der Waals surface area contributed by atoms with Crippen molar-refractivity contribution in [3.05, 3.63) is 59.7 Å². The Kier molecular flexibility index (Phi) is 6.73. The number of hydrogen-bond donors (Lipinski definition) is 1. The van der Waals surface area contributed by atoms with Gasteiger partial charge < -0.3 is 19.5 Å². The molecule has 0 radical (unpaired) electrons. The molecule has 0 aliphatic carbocycles. The molecule has 0 bridgehead atoms. The van der Waals surface area contributed by atoms with Crippen molar-refractivity contribution in [1.29, 1.82) is 0 Å². The van der Waals surface area contributed by atoms with E-state index in [2.05, 4.69) is 10.1 Å². The quantitative estimate of drug-likeness (QED) is 0.766. The Labute approximate surface area is 150 Å². The molecular weight excluding hydrogens is 338 g/mol. The zero-order chi connectivity index (χ0) is 18.9. The van der Waals surface area contributed by atoms with Gasteiger partial charge in [0.1, 0.15) is 5.75 Å². The Morgan fingerprint density at radius 2 is 1.62 bits per heavy atom. The predicted octanol–water partition coefficient (Wildman–Crippen LogP) is 2.67. The van der Waals surface area contributed by atoms with Gasteiger partial charge in [0.2, 0.25) is 5.91 Å². The summed E-state index contributed by atoms with van der Waals surface area (Å²) in [6.07, 6.45) is 0.0674. The molecule has 7 heteroatoms. The van der Waals surface area contributed by atoms with Crippen molar-refractivity contribution in [2.75, 3.05) is 26.1 Å². The minimum absolute atomic E-state index is 0.0674. The van der Waals surface area contributed by atoms with Gasteiger partial charge in [-0.25, -0.2) is 9.59 Å². The van der Waals surface area contributed by atoms with Crippen LogP contribution in [-0.4, -0.2) is 38.7 Å². The smallest absolute Gasteiger partial charge is 0.339 e. The molecule has 0 fully saturated rings. The molecule has 2 rings (SSSR count). The van der Waals surface area contributed by atoms with Crippen molar-refractivity contribution in [3.63, 3.8) is 0 Å². The van der Waals surface area contributed by atoms with E-state index in [1.54, 1.807) is 12.1 Å². The third-order valence-electron chi connectivity index (χ3n) is 3.46. The second-order valence-electron chi connectivity index (χ2n) is 5.20. The number of esters is 2. The minimum Gasteiger partial charge on any atom is -0.493 e. The molecular formula is C19H19NO6. The lowest BCUT2D eigenvalue weighted by Crippen LogP contribution is -2.18. The molecule has 0 saturated carbocycles. The molecule has 0 saturated heterocycles. The number of methoxy groups -OCH3 is 2. The van der Waals surface area contributed by atoms with E-state index in [1.807, 2.05) is 18.2 Å². The number of benzene rings is 2. The number of nitrogens with one attached hydrogen (secondary N) is 1. The van der Waals surface area contributed by atoms with Gasteiger partial charge in [-0.3, -0.25) is 4.79 Å². The number of hydrogen-bond acceptors (Lipinski definition) is 6. The lowest BCUT2D eigenvalue weighted by Gasteiger charge is -2.12. The number of carbonyl (C=O) groups is 3. The lowest BCUT2D eigenvalue weighted by atomic mass is 10.1. The van der Waals surface area contributed by atoms with Gasteiger partial charge in [-0.2, -0.15) is 0 Å². The van der Waals surface area contributed by atoms with E-state index in [-0.39, 0.29) is 35.7 Å². The van der Waals surface area contributed by atoms with Gasteiger partial charge in [-0.05, 0) is 30.3 Å². The number of amides is 1. The zero-order valence-electron chi connectivity index (χ0n) is 14.5. The summed E-state index contributed by atoms with van der Waals surface area (Å²) in [5, 5.41) is 2.60. The monoisotopic (exact) mass is 357 g/mol. The summed E-state index contributed by atoms with van der Waals surface area (Å²) < 4.78 is 14.8. The van der Waals surface area contributed by atoms with Gasteiger partial charge in [0.25, 0.3) is 0 Å². The van der Waals surface area contributed by atoms with Gasteiger partial charge in [0.15, 0.2) is 0 Å². The second-order valence-corrected chi connectivity index (χ2v) is 5.20. The number of carbonyl (C=O) groups excluding carboxylic acids is 3. The molecule has 0 heterocycles. The van der Waals surface area contributed by atoms with E-state index in [0.29, 0.717) is 5.75 Å². The largest absolute Gasteiger partial charge is 0.493 e. The van der Waals surface area contributed by atoms with E-state index in [0.717, 1.165) is 0 Å². The number of rotatable bonds is 7. The van der Waals surface area contributed by atoms with Gasteiger partial charge in [-0.15, -0.1) is 0 Å². The molecule has 26 heavy (non-hydrogen) atoms. The van der Waals surface area contributed by atoms with Crippen LogP contribution >= 0.6 is 0 Å². The van der Waals surface area contributed by atoms with Gasteiger partial charge in [-0.1, -0.05) is 18.2 Å². The molecule has 0 atom stereocenters. The summed E-state index contributed by atoms with van der Waals surface area (Å²) in [5.41, 5.74) is 0.512. The Morgan fingerprint density at radius 3 is 2.27 bits per heavy atom. The summed E-state index contributed by atoms with van der Waals surface area (Å²) in [6.45, 7) is 0.167. The fraction of sp³-hybridized carbons (Fsp3) is 0.211. The number of para-hydroxylation sites is 1. The van der Waals surface area contributed by atoms with Crippen LogP contribution < -0.4 is 10.1 Å². The summed E-state index contributed by atoms with van der Waals surface area (Å²) in [5.74, 6) is -0.919. The van der Waals surface area contributed by atoms with Crippen molar-refractivity contribution in [1.82, 2.24) is 0 Å². The highest BCUT2D eigenvalue weighted by molar-refractivity contribution is 6.03. The summed E-state index contributed by atoms with van der Waals surface area (Å²) in [6, 6.07) is 13.3. The maximum absolute atomic E-state index is 12.2. The highest BCUT2D eigenvalue weighted by atomic mass is 16.5. The number of anilines is 1. The first kappa shape index (κ1) is 19.0. The molecule has 136 valence electrons. The maximum atomic E-state index is 12.2. The van der Waals surface area contributed by atoms with E-state index in [1.165, 1.54) is 32.4 Å². The molecule has 7 nitrogen and oxygen atoms in total. The minimum atomic E-state index is -0.628. The molecule has 2 aromatic carbocycles. The molecule has 1 N–H and O–H groups in total. The van der Waals surface area contributed by atoms with Crippen LogP contribution in [0.2, 0.25) is 0 Å². The Hall–Kier alpha value is -3.35. The van der Waals surface area contributed by atoms with Crippen LogP contribution in [-0.2, 0) is 14.3 Å². The third-order valence-corrected chi connectivity index (χ3v) is 3.46. The molecule has 2 aromatic rings. The highest BCUT2D eigenvalue weighted by Crippen LogP contribution is 2.20. The highest BCUT2D eigenvalue weighted by Gasteiger charge is 2.17. The van der Waals surface area contributed by atoms with Crippen molar-refractivity contribution >= 4 is 23.5 Å². The lowest BCUT2D eigenvalue weighted by molar-refractivity contribution is -0.116. The SMILES string of the molecule is COC(=O)c1ccc(C(=O)OC)c(NC(=O)CCOc2ccccc2)c1.